The molecule has 0 saturated heterocycles. The number of benzene rings is 1. The lowest BCUT2D eigenvalue weighted by atomic mass is 10.2. The van der Waals surface area contributed by atoms with Gasteiger partial charge in [0, 0.05) is 32.7 Å². The Kier molecular flexibility index (Phi) is 8.69. The van der Waals surface area contributed by atoms with Crippen LogP contribution >= 0.6 is 11.6 Å². The van der Waals surface area contributed by atoms with Gasteiger partial charge in [0.15, 0.2) is 17.5 Å². The van der Waals surface area contributed by atoms with Crippen LogP contribution in [0.25, 0.3) is 0 Å². The van der Waals surface area contributed by atoms with Gasteiger partial charge in [-0.15, -0.1) is 0 Å². The van der Waals surface area contributed by atoms with E-state index >= 15 is 0 Å². The van der Waals surface area contributed by atoms with Gasteiger partial charge in [-0.3, -0.25) is 0 Å². The van der Waals surface area contributed by atoms with Gasteiger partial charge in [0.1, 0.15) is 0 Å². The van der Waals surface area contributed by atoms with Crippen LogP contribution in [0.2, 0.25) is 5.02 Å². The van der Waals surface area contributed by atoms with E-state index in [0.717, 1.165) is 50.7 Å². The Labute approximate surface area is 154 Å². The van der Waals surface area contributed by atoms with Gasteiger partial charge in [-0.05, 0) is 38.0 Å². The Morgan fingerprint density at radius 3 is 2.88 bits per heavy atom. The molecule has 1 aliphatic rings. The molecule has 140 valence electrons. The zero-order valence-corrected chi connectivity index (χ0v) is 15.8. The molecule has 0 amide bonds. The third-order valence-electron chi connectivity index (χ3n) is 3.59. The second-order valence-corrected chi connectivity index (χ2v) is 6.03. The lowest BCUT2D eigenvalue weighted by molar-refractivity contribution is 0.145. The maximum absolute atomic E-state index is 6.33. The van der Waals surface area contributed by atoms with Crippen molar-refractivity contribution in [2.75, 3.05) is 39.5 Å². The van der Waals surface area contributed by atoms with Gasteiger partial charge in [0.2, 0.25) is 0 Å². The zero-order valence-electron chi connectivity index (χ0n) is 15.1. The van der Waals surface area contributed by atoms with E-state index in [-0.39, 0.29) is 0 Å². The molecular weight excluding hydrogens is 342 g/mol. The maximum atomic E-state index is 6.33. The number of rotatable bonds is 8. The highest BCUT2D eigenvalue weighted by atomic mass is 35.5. The molecule has 0 aliphatic carbocycles. The summed E-state index contributed by atoms with van der Waals surface area (Å²) in [5, 5.41) is 7.12. The first-order chi connectivity index (χ1) is 12.2. The van der Waals surface area contributed by atoms with E-state index in [1.807, 2.05) is 26.0 Å². The summed E-state index contributed by atoms with van der Waals surface area (Å²) in [7, 11) is 0. The quantitative estimate of drug-likeness (QED) is 0.419. The minimum Gasteiger partial charge on any atom is -0.489 e. The van der Waals surface area contributed by atoms with E-state index < -0.39 is 0 Å². The fourth-order valence-electron chi connectivity index (χ4n) is 2.41. The molecule has 0 fully saturated rings. The summed E-state index contributed by atoms with van der Waals surface area (Å²) < 4.78 is 16.7. The Bertz CT molecular complexity index is 567. The number of aliphatic imine (C=N–C) groups is 1. The monoisotopic (exact) mass is 369 g/mol. The number of nitrogens with zero attached hydrogens (tertiary/aromatic N) is 1. The van der Waals surface area contributed by atoms with Crippen LogP contribution in [0.4, 0.5) is 0 Å². The molecule has 1 heterocycles. The van der Waals surface area contributed by atoms with E-state index in [4.69, 9.17) is 25.8 Å². The molecule has 0 radical (unpaired) electrons. The Hall–Kier alpha value is -1.66. The summed E-state index contributed by atoms with van der Waals surface area (Å²) in [6.07, 6.45) is 1.79. The summed E-state index contributed by atoms with van der Waals surface area (Å²) in [4.78, 5) is 4.61. The lowest BCUT2D eigenvalue weighted by Crippen LogP contribution is -2.38. The molecule has 2 rings (SSSR count). The molecule has 6 nitrogen and oxygen atoms in total. The first-order valence-electron chi connectivity index (χ1n) is 8.92. The molecule has 2 N–H and O–H groups in total. The number of nitrogens with one attached hydrogen (secondary N) is 2. The number of guanidine groups is 1. The SMILES string of the molecule is CCNC(=NCc1cc(Cl)c2c(c1)OCCCO2)NCCCOCC. The van der Waals surface area contributed by atoms with Crippen LogP contribution in [0.1, 0.15) is 32.3 Å². The molecule has 0 saturated carbocycles. The Balaban J connectivity index is 1.96. The van der Waals surface area contributed by atoms with Crippen LogP contribution in [0.3, 0.4) is 0 Å². The van der Waals surface area contributed by atoms with Gasteiger partial charge in [-0.25, -0.2) is 4.99 Å². The number of fused-ring (bicyclic) bond motifs is 1. The van der Waals surface area contributed by atoms with Crippen molar-refractivity contribution in [3.63, 3.8) is 0 Å². The standard InChI is InChI=1S/C18H28ClN3O3/c1-3-20-18(21-7-5-8-23-4-2)22-13-14-11-15(19)17-16(12-14)24-9-6-10-25-17/h11-12H,3-10,13H2,1-2H3,(H2,20,21,22). The minimum atomic E-state index is 0.511. The highest BCUT2D eigenvalue weighted by Crippen LogP contribution is 2.38. The van der Waals surface area contributed by atoms with Gasteiger partial charge in [0.05, 0.1) is 24.8 Å². The van der Waals surface area contributed by atoms with Crippen molar-refractivity contribution < 1.29 is 14.2 Å². The summed E-state index contributed by atoms with van der Waals surface area (Å²) in [6.45, 7) is 8.94. The molecule has 25 heavy (non-hydrogen) atoms. The minimum absolute atomic E-state index is 0.511. The highest BCUT2D eigenvalue weighted by Gasteiger charge is 2.15. The van der Waals surface area contributed by atoms with Crippen molar-refractivity contribution in [3.05, 3.63) is 22.7 Å². The van der Waals surface area contributed by atoms with E-state index in [2.05, 4.69) is 15.6 Å². The third-order valence-corrected chi connectivity index (χ3v) is 3.87. The third kappa shape index (κ3) is 6.63. The predicted molar refractivity (Wildman–Crippen MR) is 101 cm³/mol. The highest BCUT2D eigenvalue weighted by molar-refractivity contribution is 6.32. The topological polar surface area (TPSA) is 64.1 Å². The Morgan fingerprint density at radius 2 is 2.08 bits per heavy atom. The van der Waals surface area contributed by atoms with Crippen LogP contribution in [0, 0.1) is 0 Å². The lowest BCUT2D eigenvalue weighted by Gasteiger charge is -2.13. The molecule has 0 spiro atoms. The van der Waals surface area contributed by atoms with E-state index in [1.165, 1.54) is 0 Å². The number of ether oxygens (including phenoxy) is 3. The number of hydrogen-bond donors (Lipinski definition) is 2. The average Bonchev–Trinajstić information content (AvgIpc) is 2.85. The van der Waals surface area contributed by atoms with Crippen molar-refractivity contribution in [2.45, 2.75) is 33.2 Å². The molecule has 1 aromatic carbocycles. The van der Waals surface area contributed by atoms with Crippen LogP contribution in [0.15, 0.2) is 17.1 Å². The van der Waals surface area contributed by atoms with Gasteiger partial charge in [-0.2, -0.15) is 0 Å². The Morgan fingerprint density at radius 1 is 1.24 bits per heavy atom. The van der Waals surface area contributed by atoms with Crippen molar-refractivity contribution in [3.8, 4) is 11.5 Å². The van der Waals surface area contributed by atoms with Crippen molar-refractivity contribution in [2.24, 2.45) is 4.99 Å². The first kappa shape index (κ1) is 19.7. The van der Waals surface area contributed by atoms with Gasteiger partial charge >= 0.3 is 0 Å². The average molecular weight is 370 g/mol. The van der Waals surface area contributed by atoms with E-state index in [0.29, 0.717) is 36.3 Å². The van der Waals surface area contributed by atoms with Crippen LogP contribution in [-0.2, 0) is 11.3 Å². The zero-order chi connectivity index (χ0) is 17.9. The maximum Gasteiger partial charge on any atom is 0.191 e. The summed E-state index contributed by atoms with van der Waals surface area (Å²) >= 11 is 6.33. The molecule has 0 unspecified atom stereocenters. The van der Waals surface area contributed by atoms with Crippen molar-refractivity contribution in [1.82, 2.24) is 10.6 Å². The summed E-state index contributed by atoms with van der Waals surface area (Å²) in [5.41, 5.74) is 0.987. The first-order valence-corrected chi connectivity index (χ1v) is 9.30. The van der Waals surface area contributed by atoms with E-state index in [1.54, 1.807) is 0 Å². The number of halogens is 1. The molecule has 1 aliphatic heterocycles. The number of hydrogen-bond acceptors (Lipinski definition) is 4. The van der Waals surface area contributed by atoms with Gasteiger partial charge < -0.3 is 24.8 Å². The second kappa shape index (κ2) is 11.1. The molecule has 7 heteroatoms. The summed E-state index contributed by atoms with van der Waals surface area (Å²) in [5.74, 6) is 2.11. The molecule has 0 bridgehead atoms. The molecule has 1 aromatic rings. The fourth-order valence-corrected chi connectivity index (χ4v) is 2.70. The van der Waals surface area contributed by atoms with Gasteiger partial charge in [-0.1, -0.05) is 11.6 Å². The molecular formula is C18H28ClN3O3. The molecule has 0 atom stereocenters. The smallest absolute Gasteiger partial charge is 0.191 e. The van der Waals surface area contributed by atoms with Crippen LogP contribution in [0.5, 0.6) is 11.5 Å². The largest absolute Gasteiger partial charge is 0.489 e. The normalized spacial score (nSPS) is 14.1. The van der Waals surface area contributed by atoms with E-state index in [9.17, 15) is 0 Å². The fraction of sp³-hybridized carbons (Fsp3) is 0.611. The molecule has 0 aromatic heterocycles. The van der Waals surface area contributed by atoms with Crippen LogP contribution in [-0.4, -0.2) is 45.5 Å². The van der Waals surface area contributed by atoms with Gasteiger partial charge in [0.25, 0.3) is 0 Å². The van der Waals surface area contributed by atoms with Crippen LogP contribution < -0.4 is 20.1 Å². The predicted octanol–water partition coefficient (Wildman–Crippen LogP) is 2.98. The second-order valence-electron chi connectivity index (χ2n) is 5.63. The summed E-state index contributed by atoms with van der Waals surface area (Å²) in [6, 6.07) is 3.84. The van der Waals surface area contributed by atoms with Crippen molar-refractivity contribution >= 4 is 17.6 Å². The van der Waals surface area contributed by atoms with Crippen molar-refractivity contribution in [1.29, 1.82) is 0 Å².